The second-order valence-electron chi connectivity index (χ2n) is 7.66. The van der Waals surface area contributed by atoms with Gasteiger partial charge in [0.25, 0.3) is 5.91 Å². The van der Waals surface area contributed by atoms with E-state index in [1.165, 1.54) is 11.3 Å². The number of benzene rings is 1. The molecule has 0 aliphatic rings. The minimum Gasteiger partial charge on any atom is -0.486 e. The van der Waals surface area contributed by atoms with Crippen LogP contribution in [0.5, 0.6) is 5.75 Å². The van der Waals surface area contributed by atoms with Gasteiger partial charge in [0.2, 0.25) is 0 Å². The molecular weight excluding hydrogens is 465 g/mol. The van der Waals surface area contributed by atoms with Crippen molar-refractivity contribution in [2.45, 2.75) is 59.6 Å². The largest absolute Gasteiger partial charge is 0.486 e. The molecule has 0 aliphatic carbocycles. The average molecular weight is 494 g/mol. The van der Waals surface area contributed by atoms with Crippen molar-refractivity contribution in [2.75, 3.05) is 6.54 Å². The van der Waals surface area contributed by atoms with E-state index in [0.717, 1.165) is 54.3 Å². The number of rotatable bonds is 11. The summed E-state index contributed by atoms with van der Waals surface area (Å²) in [4.78, 5) is 17.5. The fourth-order valence-corrected chi connectivity index (χ4v) is 4.62. The first kappa shape index (κ1) is 24.6. The van der Waals surface area contributed by atoms with Crippen LogP contribution in [0.4, 0.5) is 0 Å². The summed E-state index contributed by atoms with van der Waals surface area (Å²) in [5, 5.41) is 6.94. The van der Waals surface area contributed by atoms with E-state index < -0.39 is 0 Å². The van der Waals surface area contributed by atoms with Gasteiger partial charge in [-0.3, -0.25) is 4.79 Å². The molecule has 0 fully saturated rings. The third kappa shape index (κ3) is 6.27. The zero-order chi connectivity index (χ0) is 23.1. The fraction of sp³-hybridized carbons (Fsp3) is 0.417. The number of unbranched alkanes of at least 4 members (excludes halogenated alkanes) is 2. The fourth-order valence-electron chi connectivity index (χ4n) is 3.42. The van der Waals surface area contributed by atoms with Crippen molar-refractivity contribution in [3.8, 4) is 17.1 Å². The van der Waals surface area contributed by atoms with Crippen molar-refractivity contribution in [3.05, 3.63) is 56.0 Å². The zero-order valence-corrected chi connectivity index (χ0v) is 21.0. The van der Waals surface area contributed by atoms with Gasteiger partial charge in [0.15, 0.2) is 0 Å². The summed E-state index contributed by atoms with van der Waals surface area (Å²) < 4.78 is 8.03. The molecule has 0 atom stereocenters. The predicted octanol–water partition coefficient (Wildman–Crippen LogP) is 7.14. The van der Waals surface area contributed by atoms with Crippen molar-refractivity contribution in [2.24, 2.45) is 0 Å². The summed E-state index contributed by atoms with van der Waals surface area (Å²) in [6.07, 6.45) is 4.14. The van der Waals surface area contributed by atoms with Gasteiger partial charge in [0, 0.05) is 34.2 Å². The SMILES string of the molecule is CCCCNC(=O)c1cc(-c2csc(COc3cc(Cl)cc(Cl)c3)n2)n(CCCC)c1C. The number of carbonyl (C=O) groups excluding carboxylic acids is 1. The van der Waals surface area contributed by atoms with Gasteiger partial charge in [-0.25, -0.2) is 4.98 Å². The maximum atomic E-state index is 12.7. The van der Waals surface area contributed by atoms with Crippen LogP contribution in [0.25, 0.3) is 11.4 Å². The van der Waals surface area contributed by atoms with Crippen LogP contribution in [0.15, 0.2) is 29.6 Å². The zero-order valence-electron chi connectivity index (χ0n) is 18.7. The molecule has 3 rings (SSSR count). The molecule has 0 bridgehead atoms. The van der Waals surface area contributed by atoms with Gasteiger partial charge >= 0.3 is 0 Å². The van der Waals surface area contributed by atoms with Crippen molar-refractivity contribution in [1.82, 2.24) is 14.9 Å². The van der Waals surface area contributed by atoms with Crippen LogP contribution in [-0.4, -0.2) is 22.0 Å². The lowest BCUT2D eigenvalue weighted by Crippen LogP contribution is -2.24. The van der Waals surface area contributed by atoms with E-state index in [1.807, 2.05) is 18.4 Å². The van der Waals surface area contributed by atoms with Crippen molar-refractivity contribution < 1.29 is 9.53 Å². The number of hydrogen-bond donors (Lipinski definition) is 1. The lowest BCUT2D eigenvalue weighted by atomic mass is 10.2. The number of nitrogens with one attached hydrogen (secondary N) is 1. The molecule has 0 radical (unpaired) electrons. The highest BCUT2D eigenvalue weighted by Crippen LogP contribution is 2.29. The Morgan fingerprint density at radius 1 is 1.12 bits per heavy atom. The Bertz CT molecular complexity index is 1040. The van der Waals surface area contributed by atoms with E-state index in [2.05, 4.69) is 23.7 Å². The quantitative estimate of drug-likeness (QED) is 0.288. The Morgan fingerprint density at radius 2 is 1.84 bits per heavy atom. The molecule has 172 valence electrons. The van der Waals surface area contributed by atoms with Crippen LogP contribution in [0.2, 0.25) is 10.0 Å². The molecule has 0 unspecified atom stereocenters. The van der Waals surface area contributed by atoms with Crippen molar-refractivity contribution >= 4 is 40.4 Å². The first-order valence-electron chi connectivity index (χ1n) is 10.9. The average Bonchev–Trinajstić information content (AvgIpc) is 3.34. The number of aromatic nitrogens is 2. The molecule has 32 heavy (non-hydrogen) atoms. The summed E-state index contributed by atoms with van der Waals surface area (Å²) >= 11 is 13.6. The van der Waals surface area contributed by atoms with Gasteiger partial charge in [0.1, 0.15) is 17.4 Å². The third-order valence-corrected chi connectivity index (χ3v) is 6.43. The molecular formula is C24H29Cl2N3O2S. The van der Waals surface area contributed by atoms with Crippen LogP contribution in [-0.2, 0) is 13.2 Å². The summed E-state index contributed by atoms with van der Waals surface area (Å²) in [5.74, 6) is 0.580. The molecule has 8 heteroatoms. The maximum absolute atomic E-state index is 12.7. The highest BCUT2D eigenvalue weighted by molar-refractivity contribution is 7.09. The molecule has 1 aromatic carbocycles. The molecule has 5 nitrogen and oxygen atoms in total. The smallest absolute Gasteiger partial charge is 0.253 e. The number of ether oxygens (including phenoxy) is 1. The summed E-state index contributed by atoms with van der Waals surface area (Å²) in [6, 6.07) is 7.08. The van der Waals surface area contributed by atoms with E-state index in [0.29, 0.717) is 34.5 Å². The van der Waals surface area contributed by atoms with Crippen molar-refractivity contribution in [3.63, 3.8) is 0 Å². The van der Waals surface area contributed by atoms with Gasteiger partial charge in [-0.05, 0) is 44.0 Å². The van der Waals surface area contributed by atoms with Crippen LogP contribution in [0.3, 0.4) is 0 Å². The van der Waals surface area contributed by atoms with Crippen molar-refractivity contribution in [1.29, 1.82) is 0 Å². The first-order chi connectivity index (χ1) is 15.4. The molecule has 0 saturated heterocycles. The standard InChI is InChI=1S/C24H29Cl2N3O2S/c1-4-6-8-27-24(30)20-13-22(29(16(20)3)9-7-5-2)21-15-32-23(28-21)14-31-19-11-17(25)10-18(26)12-19/h10-13,15H,4-9,14H2,1-3H3,(H,27,30). The summed E-state index contributed by atoms with van der Waals surface area (Å²) in [5.41, 5.74) is 3.50. The van der Waals surface area contributed by atoms with Gasteiger partial charge in [-0.2, -0.15) is 0 Å². The Balaban J connectivity index is 1.80. The number of thiazole rings is 1. The normalized spacial score (nSPS) is 11.0. The Morgan fingerprint density at radius 3 is 2.53 bits per heavy atom. The van der Waals surface area contributed by atoms with E-state index in [1.54, 1.807) is 18.2 Å². The predicted molar refractivity (Wildman–Crippen MR) is 133 cm³/mol. The van der Waals surface area contributed by atoms with Gasteiger partial charge in [-0.1, -0.05) is 49.9 Å². The third-order valence-electron chi connectivity index (χ3n) is 5.17. The first-order valence-corrected chi connectivity index (χ1v) is 12.6. The summed E-state index contributed by atoms with van der Waals surface area (Å²) in [6.45, 7) is 8.15. The van der Waals surface area contributed by atoms with Gasteiger partial charge in [0.05, 0.1) is 17.0 Å². The molecule has 0 saturated carbocycles. The minimum absolute atomic E-state index is 0.0240. The molecule has 0 spiro atoms. The lowest BCUT2D eigenvalue weighted by Gasteiger charge is -2.10. The summed E-state index contributed by atoms with van der Waals surface area (Å²) in [7, 11) is 0. The topological polar surface area (TPSA) is 56.1 Å². The molecule has 2 aromatic heterocycles. The van der Waals surface area contributed by atoms with Gasteiger partial charge < -0.3 is 14.6 Å². The number of amides is 1. The second-order valence-corrected chi connectivity index (χ2v) is 9.48. The Hall–Kier alpha value is -2.02. The molecule has 1 amide bonds. The Kier molecular flexibility index (Phi) is 9.02. The van der Waals surface area contributed by atoms with E-state index in [4.69, 9.17) is 32.9 Å². The van der Waals surface area contributed by atoms with E-state index >= 15 is 0 Å². The van der Waals surface area contributed by atoms with Crippen LogP contribution >= 0.6 is 34.5 Å². The van der Waals surface area contributed by atoms with Gasteiger partial charge in [-0.15, -0.1) is 11.3 Å². The second kappa shape index (κ2) is 11.7. The highest BCUT2D eigenvalue weighted by atomic mass is 35.5. The number of nitrogens with zero attached hydrogens (tertiary/aromatic N) is 2. The molecule has 1 N–H and O–H groups in total. The Labute approximate surface area is 203 Å². The number of halogens is 2. The van der Waals surface area contributed by atoms with Crippen LogP contribution in [0.1, 0.15) is 60.6 Å². The highest BCUT2D eigenvalue weighted by Gasteiger charge is 2.20. The molecule has 2 heterocycles. The van der Waals surface area contributed by atoms with Crippen LogP contribution in [0, 0.1) is 6.92 Å². The van der Waals surface area contributed by atoms with E-state index in [-0.39, 0.29) is 5.91 Å². The molecule has 0 aliphatic heterocycles. The minimum atomic E-state index is -0.0240. The monoisotopic (exact) mass is 493 g/mol. The molecule has 3 aromatic rings. The van der Waals surface area contributed by atoms with E-state index in [9.17, 15) is 4.79 Å². The van der Waals surface area contributed by atoms with Crippen LogP contribution < -0.4 is 10.1 Å². The maximum Gasteiger partial charge on any atom is 0.253 e. The number of hydrogen-bond acceptors (Lipinski definition) is 4. The number of carbonyl (C=O) groups is 1. The lowest BCUT2D eigenvalue weighted by molar-refractivity contribution is 0.0952.